The molecule has 0 aliphatic carbocycles. The molecule has 0 fully saturated rings. The van der Waals surface area contributed by atoms with Crippen molar-refractivity contribution in [2.75, 3.05) is 26.5 Å². The summed E-state index contributed by atoms with van der Waals surface area (Å²) in [6.45, 7) is 12.8. The van der Waals surface area contributed by atoms with Gasteiger partial charge in [0.25, 0.3) is 11.7 Å². The molecule has 2 aromatic heterocycles. The summed E-state index contributed by atoms with van der Waals surface area (Å²) in [7, 11) is 5.00. The summed E-state index contributed by atoms with van der Waals surface area (Å²) >= 11 is 0. The van der Waals surface area contributed by atoms with Crippen LogP contribution in [0, 0.1) is 30.6 Å². The van der Waals surface area contributed by atoms with Crippen LogP contribution in [0.4, 0.5) is 5.69 Å². The van der Waals surface area contributed by atoms with E-state index in [4.69, 9.17) is 23.9 Å². The van der Waals surface area contributed by atoms with Crippen molar-refractivity contribution in [3.8, 4) is 17.2 Å². The van der Waals surface area contributed by atoms with E-state index in [0.29, 0.717) is 11.2 Å². The largest absolute Gasteiger partial charge is 0.507 e. The van der Waals surface area contributed by atoms with Crippen LogP contribution in [0.5, 0.6) is 17.2 Å². The molecule has 0 radical (unpaired) electrons. The monoisotopic (exact) mass is 841 g/mol. The van der Waals surface area contributed by atoms with E-state index >= 15 is 0 Å². The summed E-state index contributed by atoms with van der Waals surface area (Å²) in [6.07, 6.45) is 7.15. The summed E-state index contributed by atoms with van der Waals surface area (Å²) in [5.41, 5.74) is 1.69. The van der Waals surface area contributed by atoms with E-state index in [1.807, 2.05) is 0 Å². The molecule has 4 heterocycles. The van der Waals surface area contributed by atoms with Gasteiger partial charge in [-0.25, -0.2) is 4.98 Å². The van der Waals surface area contributed by atoms with Gasteiger partial charge in [0.05, 0.1) is 41.7 Å². The molecule has 16 nitrogen and oxygen atoms in total. The third-order valence-electron chi connectivity index (χ3n) is 11.8. The van der Waals surface area contributed by atoms with Crippen LogP contribution >= 0.6 is 0 Å². The fraction of sp³-hybridized carbons (Fsp3) is 0.444. The van der Waals surface area contributed by atoms with Gasteiger partial charge in [-0.15, -0.1) is 0 Å². The molecule has 0 spiro atoms. The van der Waals surface area contributed by atoms with E-state index in [0.717, 1.165) is 0 Å². The normalized spacial score (nSPS) is 29.7. The third kappa shape index (κ3) is 8.14. The van der Waals surface area contributed by atoms with Gasteiger partial charge in [-0.3, -0.25) is 18.8 Å². The lowest BCUT2D eigenvalue weighted by atomic mass is 9.78. The van der Waals surface area contributed by atoms with Crippen LogP contribution in [0.2, 0.25) is 0 Å². The van der Waals surface area contributed by atoms with Gasteiger partial charge in [0.2, 0.25) is 0 Å². The number of allylic oxidation sites excluding steroid dienone is 2. The highest BCUT2D eigenvalue weighted by Gasteiger charge is 2.50. The Hall–Kier alpha value is -5.97. The first-order valence-electron chi connectivity index (χ1n) is 20.1. The number of hydrogen-bond acceptors (Lipinski definition) is 14. The average Bonchev–Trinajstić information content (AvgIpc) is 3.72. The minimum Gasteiger partial charge on any atom is -0.507 e. The Balaban J connectivity index is 1.60. The highest BCUT2D eigenvalue weighted by Crippen LogP contribution is 2.54. The van der Waals surface area contributed by atoms with Gasteiger partial charge in [0.1, 0.15) is 40.0 Å². The van der Waals surface area contributed by atoms with Crippen LogP contribution < -0.4 is 10.1 Å². The number of nitrogens with zero attached hydrogens (tertiary/aromatic N) is 4. The molecular formula is C45H55N5O11. The molecule has 0 saturated heterocycles. The number of aliphatic hydroxyl groups excluding tert-OH is 2. The van der Waals surface area contributed by atoms with Crippen molar-refractivity contribution in [2.24, 2.45) is 28.8 Å². The second-order valence-corrected chi connectivity index (χ2v) is 16.4. The number of hydrazone groups is 1. The number of amides is 1. The molecule has 2 aromatic carbocycles. The van der Waals surface area contributed by atoms with Crippen LogP contribution in [0.15, 0.2) is 59.6 Å². The maximum absolute atomic E-state index is 14.7. The number of fused-ring (bicyclic) bond motifs is 2. The number of aromatic hydroxyl groups is 2. The van der Waals surface area contributed by atoms with Gasteiger partial charge >= 0.3 is 11.8 Å². The van der Waals surface area contributed by atoms with E-state index in [9.17, 15) is 34.8 Å². The van der Waals surface area contributed by atoms with Gasteiger partial charge in [-0.2, -0.15) is 5.10 Å². The van der Waals surface area contributed by atoms with Gasteiger partial charge < -0.3 is 49.7 Å². The standard InChI is InChI=1S/C45H55N5O11/c1-21-13-12-14-22(2)44(57)48-35-36-34(47-30-16-15-28(20-50(30)36)19-46-49(9)10)31-32(40(35)55)39(54)26(6)42-33(31)43(56)45(8,61-42)59-18-17-29(58-11)23(3)41(60-27(7)51)25(5)38(53)24(4)37(21)52/h12-21,23-25,29,37-38,41,52-55H,1-11H3,(H,48,57)/b13-12+,18-17+,22-14-,46-19+/t21-,23+,24+,25+,29-,37-,38+,41+,45-/m0/s1. The molecule has 61 heavy (non-hydrogen) atoms. The molecule has 4 bridgehead atoms. The Morgan fingerprint density at radius 3 is 2.38 bits per heavy atom. The first-order valence-corrected chi connectivity index (χ1v) is 20.1. The van der Waals surface area contributed by atoms with Crippen molar-refractivity contribution in [3.63, 3.8) is 0 Å². The van der Waals surface area contributed by atoms with Crippen molar-refractivity contribution in [2.45, 2.75) is 85.6 Å². The number of carbonyl (C=O) groups excluding carboxylic acids is 3. The molecule has 9 atom stereocenters. The highest BCUT2D eigenvalue weighted by atomic mass is 16.7. The zero-order chi connectivity index (χ0) is 44.8. The predicted molar refractivity (Wildman–Crippen MR) is 230 cm³/mol. The number of phenolic OH excluding ortho intramolecular Hbond substituents is 2. The number of Topliss-reactive ketones (excluding diaryl/α,β-unsaturated/α-hetero) is 1. The molecule has 0 unspecified atom stereocenters. The number of ether oxygens (including phenoxy) is 4. The zero-order valence-electron chi connectivity index (χ0n) is 36.3. The lowest BCUT2D eigenvalue weighted by molar-refractivity contribution is -0.160. The number of rotatable bonds is 4. The van der Waals surface area contributed by atoms with E-state index in [1.54, 1.807) is 101 Å². The van der Waals surface area contributed by atoms with E-state index in [1.165, 1.54) is 40.2 Å². The number of esters is 1. The Labute approximate surface area is 353 Å². The second-order valence-electron chi connectivity index (χ2n) is 16.4. The summed E-state index contributed by atoms with van der Waals surface area (Å²) in [5, 5.41) is 55.7. The van der Waals surface area contributed by atoms with Gasteiger partial charge in [0, 0.05) is 87.0 Å². The fourth-order valence-electron chi connectivity index (χ4n) is 8.20. The molecule has 0 saturated carbocycles. The van der Waals surface area contributed by atoms with E-state index < -0.39 is 83.0 Å². The van der Waals surface area contributed by atoms with Crippen LogP contribution in [0.1, 0.15) is 70.0 Å². The SMILES string of the molecule is CO[C@H]1/C=C/O[C@@]2(C)Oc3c(C)c(O)c4c(O)c(c5c(nc6ccc(/C=N/N(C)C)cn65)c4c3C2=O)NC(=O)/C(C)=C\C=C\[C@H](C)[C@H](O)[C@@H](C)[C@@H](O)[C@@H](C)[C@H](OC(C)=O)[C@@H]1C. The van der Waals surface area contributed by atoms with Gasteiger partial charge in [-0.1, -0.05) is 45.9 Å². The molecule has 4 aromatic rings. The lowest BCUT2D eigenvalue weighted by Gasteiger charge is -2.38. The maximum atomic E-state index is 14.7. The number of hydrogen-bond donors (Lipinski definition) is 5. The zero-order valence-corrected chi connectivity index (χ0v) is 36.3. The molecule has 326 valence electrons. The quantitative estimate of drug-likeness (QED) is 0.0718. The summed E-state index contributed by atoms with van der Waals surface area (Å²) < 4.78 is 25.6. The maximum Gasteiger partial charge on any atom is 0.312 e. The van der Waals surface area contributed by atoms with E-state index in [-0.39, 0.29) is 49.9 Å². The number of pyridine rings is 1. The molecule has 6 rings (SSSR count). The predicted octanol–water partition coefficient (Wildman–Crippen LogP) is 5.74. The minimum atomic E-state index is -1.99. The summed E-state index contributed by atoms with van der Waals surface area (Å²) in [4.78, 5) is 45.9. The van der Waals surface area contributed by atoms with Gasteiger partial charge in [0.15, 0.2) is 5.75 Å². The first-order chi connectivity index (χ1) is 28.7. The molecular weight excluding hydrogens is 787 g/mol. The number of aliphatic hydroxyl groups is 2. The van der Waals surface area contributed by atoms with E-state index in [2.05, 4.69) is 10.4 Å². The van der Waals surface area contributed by atoms with Crippen molar-refractivity contribution >= 4 is 57.0 Å². The second kappa shape index (κ2) is 17.2. The number of carbonyl (C=O) groups is 3. The van der Waals surface area contributed by atoms with Crippen molar-refractivity contribution < 1.29 is 53.8 Å². The Kier molecular flexibility index (Phi) is 12.6. The number of nitrogens with one attached hydrogen (secondary N) is 1. The molecule has 1 amide bonds. The third-order valence-corrected chi connectivity index (χ3v) is 11.8. The van der Waals surface area contributed by atoms with Crippen molar-refractivity contribution in [3.05, 3.63) is 71.2 Å². The Bertz CT molecular complexity index is 2520. The number of ketones is 1. The molecule has 2 aliphatic rings. The van der Waals surface area contributed by atoms with Crippen LogP contribution in [-0.4, -0.2) is 110 Å². The smallest absolute Gasteiger partial charge is 0.312 e. The van der Waals surface area contributed by atoms with Crippen LogP contribution in [0.25, 0.3) is 27.5 Å². The molecule has 16 heteroatoms. The first kappa shape index (κ1) is 44.6. The van der Waals surface area contributed by atoms with Crippen LogP contribution in [-0.2, 0) is 23.8 Å². The molecule has 2 aliphatic heterocycles. The van der Waals surface area contributed by atoms with Crippen LogP contribution in [0.3, 0.4) is 0 Å². The summed E-state index contributed by atoms with van der Waals surface area (Å²) in [5.74, 6) is -7.16. The Morgan fingerprint density at radius 2 is 1.72 bits per heavy atom. The number of benzene rings is 2. The average molecular weight is 842 g/mol. The Morgan fingerprint density at radius 1 is 1.02 bits per heavy atom. The molecule has 5 N–H and O–H groups in total. The van der Waals surface area contributed by atoms with Gasteiger partial charge in [-0.05, 0) is 32.1 Å². The minimum absolute atomic E-state index is 0.00679. The number of aromatic nitrogens is 2. The number of imidazole rings is 1. The highest BCUT2D eigenvalue weighted by molar-refractivity contribution is 6.28. The lowest BCUT2D eigenvalue weighted by Crippen LogP contribution is -2.46. The summed E-state index contributed by atoms with van der Waals surface area (Å²) in [6, 6.07) is 3.51. The van der Waals surface area contributed by atoms with Crippen molar-refractivity contribution in [1.82, 2.24) is 14.4 Å². The number of anilines is 1. The number of phenols is 2. The topological polar surface area (TPSA) is 214 Å². The fourth-order valence-corrected chi connectivity index (χ4v) is 8.20. The number of methoxy groups -OCH3 is 1. The van der Waals surface area contributed by atoms with Crippen molar-refractivity contribution in [1.29, 1.82) is 0 Å².